The molecule has 2 rings (SSSR count). The van der Waals surface area contributed by atoms with Crippen molar-refractivity contribution >= 4 is 32.3 Å². The second kappa shape index (κ2) is 7.54. The first kappa shape index (κ1) is 18.1. The Labute approximate surface area is 140 Å². The number of carbonyl (C=O) groups excluding carboxylic acids is 1. The SMILES string of the molecule is CCCCCCS(=O)(=O)c1nnc(N2C(=O)N(C)CCC2O)s1. The van der Waals surface area contributed by atoms with Crippen LogP contribution in [0.2, 0.25) is 0 Å². The van der Waals surface area contributed by atoms with Gasteiger partial charge >= 0.3 is 6.03 Å². The summed E-state index contributed by atoms with van der Waals surface area (Å²) in [6.45, 7) is 2.50. The maximum Gasteiger partial charge on any atom is 0.328 e. The van der Waals surface area contributed by atoms with Gasteiger partial charge in [-0.3, -0.25) is 0 Å². The Kier molecular flexibility index (Phi) is 5.93. The molecule has 0 spiro atoms. The highest BCUT2D eigenvalue weighted by Gasteiger charge is 2.34. The number of sulfone groups is 1. The highest BCUT2D eigenvalue weighted by molar-refractivity contribution is 7.93. The summed E-state index contributed by atoms with van der Waals surface area (Å²) in [5.74, 6) is 0.0258. The molecule has 0 bridgehead atoms. The van der Waals surface area contributed by atoms with Crippen LogP contribution >= 0.6 is 11.3 Å². The van der Waals surface area contributed by atoms with Gasteiger partial charge in [-0.15, -0.1) is 10.2 Å². The maximum atomic E-state index is 12.3. The molecule has 23 heavy (non-hydrogen) atoms. The smallest absolute Gasteiger partial charge is 0.328 e. The van der Waals surface area contributed by atoms with E-state index in [1.165, 1.54) is 4.90 Å². The van der Waals surface area contributed by atoms with Crippen molar-refractivity contribution < 1.29 is 18.3 Å². The number of amides is 2. The van der Waals surface area contributed by atoms with E-state index in [1.807, 2.05) is 0 Å². The monoisotopic (exact) mass is 362 g/mol. The number of nitrogens with zero attached hydrogens (tertiary/aromatic N) is 4. The molecule has 1 aliphatic heterocycles. The first-order valence-corrected chi connectivity index (χ1v) is 10.1. The Morgan fingerprint density at radius 1 is 1.30 bits per heavy atom. The maximum absolute atomic E-state index is 12.3. The molecule has 1 unspecified atom stereocenters. The fraction of sp³-hybridized carbons (Fsp3) is 0.769. The minimum absolute atomic E-state index is 0.0258. The molecule has 1 N–H and O–H groups in total. The average molecular weight is 362 g/mol. The van der Waals surface area contributed by atoms with Gasteiger partial charge in [-0.1, -0.05) is 37.5 Å². The molecule has 1 aliphatic rings. The van der Waals surface area contributed by atoms with Crippen LogP contribution in [0.4, 0.5) is 9.93 Å². The Bertz CT molecular complexity index is 646. The van der Waals surface area contributed by atoms with E-state index in [9.17, 15) is 18.3 Å². The van der Waals surface area contributed by atoms with Crippen LogP contribution in [0.15, 0.2) is 4.34 Å². The van der Waals surface area contributed by atoms with Crippen molar-refractivity contribution in [3.63, 3.8) is 0 Å². The topological polar surface area (TPSA) is 104 Å². The second-order valence-corrected chi connectivity index (χ2v) is 8.81. The van der Waals surface area contributed by atoms with Crippen LogP contribution in [0.3, 0.4) is 0 Å². The van der Waals surface area contributed by atoms with Crippen molar-refractivity contribution in [2.45, 2.75) is 49.6 Å². The minimum Gasteiger partial charge on any atom is -0.373 e. The van der Waals surface area contributed by atoms with E-state index in [0.29, 0.717) is 19.4 Å². The van der Waals surface area contributed by atoms with Gasteiger partial charge in [0.15, 0.2) is 0 Å². The van der Waals surface area contributed by atoms with Crippen LogP contribution in [-0.2, 0) is 9.84 Å². The Balaban J connectivity index is 2.11. The van der Waals surface area contributed by atoms with Crippen LogP contribution in [0, 0.1) is 0 Å². The Morgan fingerprint density at radius 2 is 2.04 bits per heavy atom. The van der Waals surface area contributed by atoms with Crippen LogP contribution < -0.4 is 4.90 Å². The number of anilines is 1. The largest absolute Gasteiger partial charge is 0.373 e. The Morgan fingerprint density at radius 3 is 2.74 bits per heavy atom. The number of carbonyl (C=O) groups is 1. The molecule has 0 aliphatic carbocycles. The van der Waals surface area contributed by atoms with E-state index in [0.717, 1.165) is 35.5 Å². The van der Waals surface area contributed by atoms with Gasteiger partial charge in [-0.2, -0.15) is 0 Å². The average Bonchev–Trinajstić information content (AvgIpc) is 2.98. The molecule has 2 heterocycles. The molecule has 2 amide bonds. The molecule has 1 fully saturated rings. The summed E-state index contributed by atoms with van der Waals surface area (Å²) in [6.07, 6.45) is 2.84. The lowest BCUT2D eigenvalue weighted by Crippen LogP contribution is -2.53. The number of hydrogen-bond donors (Lipinski definition) is 1. The van der Waals surface area contributed by atoms with Gasteiger partial charge in [0.05, 0.1) is 5.75 Å². The van der Waals surface area contributed by atoms with E-state index in [-0.39, 0.29) is 15.2 Å². The number of aliphatic hydroxyl groups excluding tert-OH is 1. The van der Waals surface area contributed by atoms with Crippen LogP contribution in [0.25, 0.3) is 0 Å². The molecule has 0 saturated carbocycles. The highest BCUT2D eigenvalue weighted by atomic mass is 32.2. The summed E-state index contributed by atoms with van der Waals surface area (Å²) in [4.78, 5) is 14.7. The molecular formula is C13H22N4O4S2. The number of hydrogen-bond acceptors (Lipinski definition) is 7. The number of rotatable bonds is 7. The van der Waals surface area contributed by atoms with Crippen LogP contribution in [-0.4, -0.2) is 60.2 Å². The molecule has 10 heteroatoms. The fourth-order valence-electron chi connectivity index (χ4n) is 2.29. The van der Waals surface area contributed by atoms with Crippen molar-refractivity contribution in [1.82, 2.24) is 15.1 Å². The first-order valence-electron chi connectivity index (χ1n) is 7.65. The van der Waals surface area contributed by atoms with Gasteiger partial charge in [-0.05, 0) is 6.42 Å². The number of urea groups is 1. The van der Waals surface area contributed by atoms with E-state index < -0.39 is 22.1 Å². The lowest BCUT2D eigenvalue weighted by Gasteiger charge is -2.35. The summed E-state index contributed by atoms with van der Waals surface area (Å²) in [7, 11) is -1.88. The predicted molar refractivity (Wildman–Crippen MR) is 87.2 cm³/mol. The summed E-state index contributed by atoms with van der Waals surface area (Å²) >= 11 is 0.828. The zero-order valence-corrected chi connectivity index (χ0v) is 14.9. The van der Waals surface area contributed by atoms with Crippen molar-refractivity contribution in [3.8, 4) is 0 Å². The van der Waals surface area contributed by atoms with E-state index >= 15 is 0 Å². The molecular weight excluding hydrogens is 340 g/mol. The lowest BCUT2D eigenvalue weighted by atomic mass is 10.2. The molecule has 1 aromatic rings. The molecule has 0 radical (unpaired) electrons. The Hall–Kier alpha value is -1.26. The summed E-state index contributed by atoms with van der Waals surface area (Å²) in [5.41, 5.74) is 0. The third-order valence-electron chi connectivity index (χ3n) is 3.69. The normalized spacial score (nSPS) is 19.4. The highest BCUT2D eigenvalue weighted by Crippen LogP contribution is 2.29. The quantitative estimate of drug-likeness (QED) is 0.582. The number of aromatic nitrogens is 2. The van der Waals surface area contributed by atoms with E-state index in [4.69, 9.17) is 0 Å². The van der Waals surface area contributed by atoms with Gasteiger partial charge in [-0.25, -0.2) is 18.1 Å². The zero-order valence-electron chi connectivity index (χ0n) is 13.3. The van der Waals surface area contributed by atoms with Crippen LogP contribution in [0.5, 0.6) is 0 Å². The minimum atomic E-state index is -3.50. The molecule has 1 saturated heterocycles. The number of unbranched alkanes of at least 4 members (excludes halogenated alkanes) is 3. The van der Waals surface area contributed by atoms with Gasteiger partial charge in [0.2, 0.25) is 19.3 Å². The van der Waals surface area contributed by atoms with Gasteiger partial charge in [0.25, 0.3) is 0 Å². The van der Waals surface area contributed by atoms with Gasteiger partial charge in [0, 0.05) is 20.0 Å². The van der Waals surface area contributed by atoms with Crippen molar-refractivity contribution in [2.24, 2.45) is 0 Å². The second-order valence-electron chi connectivity index (χ2n) is 5.57. The van der Waals surface area contributed by atoms with Gasteiger partial charge < -0.3 is 10.0 Å². The van der Waals surface area contributed by atoms with Crippen molar-refractivity contribution in [1.29, 1.82) is 0 Å². The van der Waals surface area contributed by atoms with E-state index in [2.05, 4.69) is 17.1 Å². The summed E-state index contributed by atoms with van der Waals surface area (Å²) in [6, 6.07) is -0.410. The van der Waals surface area contributed by atoms with Crippen LogP contribution in [0.1, 0.15) is 39.0 Å². The molecule has 8 nitrogen and oxygen atoms in total. The summed E-state index contributed by atoms with van der Waals surface area (Å²) < 4.78 is 24.4. The lowest BCUT2D eigenvalue weighted by molar-refractivity contribution is 0.116. The fourth-order valence-corrected chi connectivity index (χ4v) is 4.81. The predicted octanol–water partition coefficient (Wildman–Crippen LogP) is 1.47. The zero-order chi connectivity index (χ0) is 17.0. The molecule has 1 aromatic heterocycles. The summed E-state index contributed by atoms with van der Waals surface area (Å²) in [5, 5.41) is 17.6. The van der Waals surface area contributed by atoms with Gasteiger partial charge in [0.1, 0.15) is 6.23 Å². The van der Waals surface area contributed by atoms with Crippen molar-refractivity contribution in [3.05, 3.63) is 0 Å². The third kappa shape index (κ3) is 4.18. The number of aliphatic hydroxyl groups is 1. The first-order chi connectivity index (χ1) is 10.9. The third-order valence-corrected chi connectivity index (χ3v) is 6.86. The molecule has 130 valence electrons. The molecule has 1 atom stereocenters. The van der Waals surface area contributed by atoms with Crippen molar-refractivity contribution in [2.75, 3.05) is 24.2 Å². The molecule has 0 aromatic carbocycles. The standard InChI is InChI=1S/C13H22N4O4S2/c1-3-4-5-6-9-23(20,21)12-15-14-11(22-12)17-10(18)7-8-16(2)13(17)19/h10,18H,3-9H2,1-2H3. The van der Waals surface area contributed by atoms with E-state index in [1.54, 1.807) is 7.05 Å².